The van der Waals surface area contributed by atoms with E-state index >= 15 is 0 Å². The quantitative estimate of drug-likeness (QED) is 0.558. The summed E-state index contributed by atoms with van der Waals surface area (Å²) in [7, 11) is 4.15. The molecule has 2 saturated heterocycles. The van der Waals surface area contributed by atoms with Crippen molar-refractivity contribution in [2.24, 2.45) is 0 Å². The molecule has 1 spiro atoms. The maximum atomic E-state index is 6.23. The first-order chi connectivity index (χ1) is 8.91. The first-order valence-electron chi connectivity index (χ1n) is 6.90. The summed E-state index contributed by atoms with van der Waals surface area (Å²) < 4.78 is 24.1. The maximum absolute atomic E-state index is 6.23. The first-order valence-corrected chi connectivity index (χ1v) is 11.6. The molecule has 0 aliphatic carbocycles. The number of likely N-dealkylation sites (N-methyl/N-ethyl adjacent to an activating group) is 2. The molecule has 2 aliphatic rings. The van der Waals surface area contributed by atoms with Gasteiger partial charge in [0.15, 0.2) is 0 Å². The molecular formula is C12H26N2O4Sn. The molecule has 6 nitrogen and oxygen atoms in total. The van der Waals surface area contributed by atoms with Gasteiger partial charge in [-0.2, -0.15) is 0 Å². The van der Waals surface area contributed by atoms with Crippen LogP contribution in [0, 0.1) is 0 Å². The van der Waals surface area contributed by atoms with E-state index in [4.69, 9.17) is 12.3 Å². The van der Waals surface area contributed by atoms with Gasteiger partial charge in [-0.15, -0.1) is 0 Å². The second-order valence-electron chi connectivity index (χ2n) is 5.95. The van der Waals surface area contributed by atoms with Crippen molar-refractivity contribution < 1.29 is 12.3 Å². The Balaban J connectivity index is 2.06. The van der Waals surface area contributed by atoms with E-state index in [1.54, 1.807) is 0 Å². The van der Waals surface area contributed by atoms with Gasteiger partial charge in [0.2, 0.25) is 0 Å². The Bertz CT molecular complexity index is 285. The molecule has 2 fully saturated rings. The van der Waals surface area contributed by atoms with Crippen LogP contribution in [0.4, 0.5) is 0 Å². The molecule has 19 heavy (non-hydrogen) atoms. The Morgan fingerprint density at radius 2 is 1.32 bits per heavy atom. The topological polar surface area (TPSA) is 43.4 Å². The predicted molar refractivity (Wildman–Crippen MR) is 73.8 cm³/mol. The Morgan fingerprint density at radius 1 is 0.842 bits per heavy atom. The van der Waals surface area contributed by atoms with Crippen LogP contribution in [0.2, 0.25) is 0 Å². The summed E-state index contributed by atoms with van der Waals surface area (Å²) in [6, 6.07) is 0. The zero-order chi connectivity index (χ0) is 13.9. The second kappa shape index (κ2) is 6.55. The van der Waals surface area contributed by atoms with E-state index in [-0.39, 0.29) is 5.60 Å². The zero-order valence-corrected chi connectivity index (χ0v) is 15.3. The average Bonchev–Trinajstić information content (AvgIpc) is 2.23. The number of hydrogen-bond acceptors (Lipinski definition) is 6. The van der Waals surface area contributed by atoms with E-state index in [1.165, 1.54) is 0 Å². The van der Waals surface area contributed by atoms with Crippen molar-refractivity contribution in [2.45, 2.75) is 19.4 Å². The molecule has 0 saturated carbocycles. The van der Waals surface area contributed by atoms with E-state index in [2.05, 4.69) is 37.7 Å². The molecule has 0 aromatic heterocycles. The van der Waals surface area contributed by atoms with Gasteiger partial charge in [-0.25, -0.2) is 0 Å². The van der Waals surface area contributed by atoms with Crippen LogP contribution < -0.4 is 0 Å². The van der Waals surface area contributed by atoms with Crippen molar-refractivity contribution in [2.75, 3.05) is 60.1 Å². The van der Waals surface area contributed by atoms with Crippen LogP contribution >= 0.6 is 0 Å². The molecule has 0 unspecified atom stereocenters. The minimum atomic E-state index is -3.82. The average molecular weight is 381 g/mol. The standard InChI is InChI=1S/C7H15NO2.C5H11NO2.Sn/c1-7(2,10)6-8(3)4-5-9;1-6(2-4-7)3-5-8;/h4-6H2,1-3H3;2-5H2,1H3;/q2*-2;+4. The Hall–Kier alpha value is 0.559. The van der Waals surface area contributed by atoms with Gasteiger partial charge >= 0.3 is 122 Å². The summed E-state index contributed by atoms with van der Waals surface area (Å²) in [6.45, 7) is 9.57. The van der Waals surface area contributed by atoms with E-state index in [0.717, 1.165) is 26.2 Å². The van der Waals surface area contributed by atoms with Gasteiger partial charge in [0, 0.05) is 0 Å². The molecule has 0 bridgehead atoms. The van der Waals surface area contributed by atoms with Gasteiger partial charge in [0.05, 0.1) is 0 Å². The van der Waals surface area contributed by atoms with Gasteiger partial charge in [-0.1, -0.05) is 0 Å². The third-order valence-electron chi connectivity index (χ3n) is 3.31. The van der Waals surface area contributed by atoms with Crippen LogP contribution in [-0.2, 0) is 12.3 Å². The van der Waals surface area contributed by atoms with E-state index in [9.17, 15) is 0 Å². The van der Waals surface area contributed by atoms with Crippen molar-refractivity contribution >= 4 is 20.0 Å². The third-order valence-corrected chi connectivity index (χ3v) is 10.4. The Kier molecular flexibility index (Phi) is 5.49. The summed E-state index contributed by atoms with van der Waals surface area (Å²) in [5, 5.41) is 0. The number of rotatable bonds is 0. The van der Waals surface area contributed by atoms with Crippen LogP contribution in [-0.4, -0.2) is 95.5 Å². The number of nitrogens with zero attached hydrogens (tertiary/aromatic N) is 2. The summed E-state index contributed by atoms with van der Waals surface area (Å²) in [5.41, 5.74) is -0.295. The molecule has 0 radical (unpaired) electrons. The van der Waals surface area contributed by atoms with Crippen LogP contribution in [0.1, 0.15) is 13.8 Å². The molecule has 2 rings (SSSR count). The normalized spacial score (nSPS) is 30.3. The first kappa shape index (κ1) is 15.9. The van der Waals surface area contributed by atoms with Crippen LogP contribution in [0.5, 0.6) is 0 Å². The fourth-order valence-corrected chi connectivity index (χ4v) is 8.66. The van der Waals surface area contributed by atoms with E-state index < -0.39 is 20.0 Å². The van der Waals surface area contributed by atoms with Gasteiger partial charge in [-0.3, -0.25) is 0 Å². The SMILES string of the molecule is CN1CC[O][Sn]2([O]CC1)[O]CCN(C)CC(C)(C)[O]2. The van der Waals surface area contributed by atoms with Gasteiger partial charge in [0.1, 0.15) is 0 Å². The summed E-state index contributed by atoms with van der Waals surface area (Å²) in [4.78, 5) is 4.41. The second-order valence-corrected chi connectivity index (χ2v) is 11.9. The van der Waals surface area contributed by atoms with Crippen LogP contribution in [0.15, 0.2) is 0 Å². The van der Waals surface area contributed by atoms with Crippen LogP contribution in [0.25, 0.3) is 0 Å². The van der Waals surface area contributed by atoms with Crippen molar-refractivity contribution in [3.63, 3.8) is 0 Å². The molecule has 0 atom stereocenters. The zero-order valence-electron chi connectivity index (χ0n) is 12.5. The molecule has 7 heteroatoms. The summed E-state index contributed by atoms with van der Waals surface area (Å²) in [5.74, 6) is 0. The predicted octanol–water partition coefficient (Wildman–Crippen LogP) is 0.158. The molecule has 0 aromatic rings. The molecular weight excluding hydrogens is 355 g/mol. The molecule has 112 valence electrons. The third kappa shape index (κ3) is 4.80. The van der Waals surface area contributed by atoms with Gasteiger partial charge in [0.25, 0.3) is 0 Å². The molecule has 0 aromatic carbocycles. The molecule has 0 amide bonds. The molecule has 0 N–H and O–H groups in total. The van der Waals surface area contributed by atoms with Gasteiger partial charge in [-0.05, 0) is 0 Å². The van der Waals surface area contributed by atoms with Crippen molar-refractivity contribution in [1.82, 2.24) is 9.80 Å². The fraction of sp³-hybridized carbons (Fsp3) is 1.00. The molecule has 2 aliphatic heterocycles. The minimum absolute atomic E-state index is 0.295. The molecule has 2 heterocycles. The van der Waals surface area contributed by atoms with E-state index in [1.807, 2.05) is 0 Å². The summed E-state index contributed by atoms with van der Waals surface area (Å²) >= 11 is -3.82. The fourth-order valence-electron chi connectivity index (χ4n) is 2.40. The van der Waals surface area contributed by atoms with Crippen molar-refractivity contribution in [1.29, 1.82) is 0 Å². The van der Waals surface area contributed by atoms with Gasteiger partial charge < -0.3 is 0 Å². The van der Waals surface area contributed by atoms with E-state index in [0.29, 0.717) is 19.8 Å². The number of hydrogen-bond donors (Lipinski definition) is 0. The Labute approximate surface area is 122 Å². The van der Waals surface area contributed by atoms with Crippen LogP contribution in [0.3, 0.4) is 0 Å². The van der Waals surface area contributed by atoms with Crippen molar-refractivity contribution in [3.8, 4) is 0 Å². The summed E-state index contributed by atoms with van der Waals surface area (Å²) in [6.07, 6.45) is 0. The van der Waals surface area contributed by atoms with Crippen molar-refractivity contribution in [3.05, 3.63) is 0 Å². The Morgan fingerprint density at radius 3 is 1.84 bits per heavy atom. The monoisotopic (exact) mass is 382 g/mol.